The van der Waals surface area contributed by atoms with Crippen LogP contribution in [0.4, 0.5) is 5.82 Å². The number of imidazole rings is 1. The van der Waals surface area contributed by atoms with Gasteiger partial charge < -0.3 is 20.7 Å². The highest BCUT2D eigenvalue weighted by Gasteiger charge is 2.39. The summed E-state index contributed by atoms with van der Waals surface area (Å²) in [6, 6.07) is 3.82. The van der Waals surface area contributed by atoms with Crippen molar-refractivity contribution in [2.45, 2.75) is 44.6 Å². The van der Waals surface area contributed by atoms with Crippen LogP contribution in [0, 0.1) is 11.8 Å². The van der Waals surface area contributed by atoms with Crippen LogP contribution in [0.1, 0.15) is 38.2 Å². The maximum Gasteiger partial charge on any atom is 0.208 e. The molecule has 0 radical (unpaired) electrons. The number of aliphatic hydroxyl groups is 2. The van der Waals surface area contributed by atoms with Gasteiger partial charge in [0.05, 0.1) is 11.5 Å². The molecule has 0 aliphatic carbocycles. The van der Waals surface area contributed by atoms with E-state index in [1.165, 1.54) is 11.3 Å². The van der Waals surface area contributed by atoms with Crippen molar-refractivity contribution >= 4 is 28.3 Å². The van der Waals surface area contributed by atoms with Gasteiger partial charge in [-0.15, -0.1) is 11.3 Å². The minimum Gasteiger partial charge on any atom is -0.388 e. The van der Waals surface area contributed by atoms with Gasteiger partial charge in [0.2, 0.25) is 5.82 Å². The van der Waals surface area contributed by atoms with Crippen molar-refractivity contribution in [3.05, 3.63) is 23.3 Å². The molecular weight excluding hydrogens is 378 g/mol. The van der Waals surface area contributed by atoms with E-state index in [0.29, 0.717) is 22.8 Å². The van der Waals surface area contributed by atoms with Crippen LogP contribution in [-0.2, 0) is 4.74 Å². The molecule has 8 nitrogen and oxygen atoms in total. The summed E-state index contributed by atoms with van der Waals surface area (Å²) in [5.74, 6) is 7.08. The number of aliphatic hydroxyl groups excluding tert-OH is 2. The van der Waals surface area contributed by atoms with E-state index in [-0.39, 0.29) is 12.4 Å². The molecule has 9 heteroatoms. The third-order valence-electron chi connectivity index (χ3n) is 4.54. The molecule has 3 unspecified atom stereocenters. The van der Waals surface area contributed by atoms with Gasteiger partial charge >= 0.3 is 0 Å². The standard InChI is InChI=1S/C19H21N5O3S/c1-2-3-4-5-8-13-21-16(20)14-18(22-13)24(19-15(26)11(25)10-27-19)17(23-14)12-7-6-9-28-12/h6-7,9,11,15,19,25-26H,2-4,10H2,1H3,(H2,20,21,22). The average molecular weight is 399 g/mol. The quantitative estimate of drug-likeness (QED) is 0.453. The summed E-state index contributed by atoms with van der Waals surface area (Å²) in [6.07, 6.45) is -0.0866. The van der Waals surface area contributed by atoms with Crippen LogP contribution in [0.2, 0.25) is 0 Å². The number of nitrogens with two attached hydrogens (primary N) is 1. The molecule has 4 rings (SSSR count). The third kappa shape index (κ3) is 3.36. The predicted molar refractivity (Wildman–Crippen MR) is 106 cm³/mol. The van der Waals surface area contributed by atoms with Crippen molar-refractivity contribution < 1.29 is 14.9 Å². The number of nitrogens with zero attached hydrogens (tertiary/aromatic N) is 4. The van der Waals surface area contributed by atoms with Gasteiger partial charge in [-0.05, 0) is 23.8 Å². The summed E-state index contributed by atoms with van der Waals surface area (Å²) in [7, 11) is 0. The zero-order chi connectivity index (χ0) is 19.7. The van der Waals surface area contributed by atoms with Crippen molar-refractivity contribution in [3.63, 3.8) is 0 Å². The minimum absolute atomic E-state index is 0.0274. The lowest BCUT2D eigenvalue weighted by Gasteiger charge is -2.19. The number of ether oxygens (including phenoxy) is 1. The molecule has 3 aromatic heterocycles. The molecule has 4 N–H and O–H groups in total. The van der Waals surface area contributed by atoms with Gasteiger partial charge in [-0.1, -0.05) is 25.3 Å². The topological polar surface area (TPSA) is 119 Å². The maximum atomic E-state index is 10.4. The first kappa shape index (κ1) is 18.8. The molecule has 0 amide bonds. The lowest BCUT2D eigenvalue weighted by Crippen LogP contribution is -2.28. The Balaban J connectivity index is 1.88. The van der Waals surface area contributed by atoms with E-state index in [9.17, 15) is 10.2 Å². The Labute approximate surface area is 166 Å². The van der Waals surface area contributed by atoms with Crippen LogP contribution in [0.5, 0.6) is 0 Å². The molecule has 1 aliphatic rings. The highest BCUT2D eigenvalue weighted by molar-refractivity contribution is 7.13. The number of hydrogen-bond acceptors (Lipinski definition) is 8. The molecular formula is C19H21N5O3S. The fourth-order valence-electron chi connectivity index (χ4n) is 3.09. The lowest BCUT2D eigenvalue weighted by atomic mass is 10.2. The molecule has 0 bridgehead atoms. The summed E-state index contributed by atoms with van der Waals surface area (Å²) >= 11 is 1.50. The van der Waals surface area contributed by atoms with Gasteiger partial charge in [-0.3, -0.25) is 4.57 Å². The Morgan fingerprint density at radius 1 is 1.36 bits per heavy atom. The van der Waals surface area contributed by atoms with Crippen molar-refractivity contribution in [2.75, 3.05) is 12.3 Å². The van der Waals surface area contributed by atoms with E-state index in [2.05, 4.69) is 33.7 Å². The number of rotatable bonds is 4. The molecule has 146 valence electrons. The molecule has 0 saturated carbocycles. The molecule has 1 saturated heterocycles. The summed E-state index contributed by atoms with van der Waals surface area (Å²) in [5.41, 5.74) is 6.98. The summed E-state index contributed by atoms with van der Waals surface area (Å²) < 4.78 is 7.33. The van der Waals surface area contributed by atoms with Crippen LogP contribution < -0.4 is 5.73 Å². The SMILES string of the molecule is CCCCC#Cc1nc(N)c2nc(-c3cccs3)n(C3OCC(O)C3O)c2n1. The van der Waals surface area contributed by atoms with E-state index < -0.39 is 18.4 Å². The molecule has 1 aliphatic heterocycles. The number of aromatic nitrogens is 4. The van der Waals surface area contributed by atoms with Crippen LogP contribution >= 0.6 is 11.3 Å². The van der Waals surface area contributed by atoms with E-state index in [0.717, 1.165) is 24.1 Å². The average Bonchev–Trinajstić information content (AvgIpc) is 3.39. The fraction of sp³-hybridized carbons (Fsp3) is 0.421. The zero-order valence-electron chi connectivity index (χ0n) is 15.4. The van der Waals surface area contributed by atoms with Crippen LogP contribution in [0.3, 0.4) is 0 Å². The Morgan fingerprint density at radius 2 is 2.21 bits per heavy atom. The number of fused-ring (bicyclic) bond motifs is 1. The first-order valence-electron chi connectivity index (χ1n) is 9.16. The first-order valence-corrected chi connectivity index (χ1v) is 10.0. The summed E-state index contributed by atoms with van der Waals surface area (Å²) in [4.78, 5) is 14.3. The van der Waals surface area contributed by atoms with Crippen molar-refractivity contribution in [1.29, 1.82) is 0 Å². The Kier molecular flexibility index (Phi) is 5.28. The predicted octanol–water partition coefficient (Wildman–Crippen LogP) is 1.93. The van der Waals surface area contributed by atoms with Gasteiger partial charge in [-0.25, -0.2) is 15.0 Å². The van der Waals surface area contributed by atoms with Crippen LogP contribution in [0.25, 0.3) is 21.9 Å². The third-order valence-corrected chi connectivity index (χ3v) is 5.41. The maximum absolute atomic E-state index is 10.4. The molecule has 1 fully saturated rings. The molecule has 0 spiro atoms. The monoisotopic (exact) mass is 399 g/mol. The van der Waals surface area contributed by atoms with Crippen molar-refractivity contribution in [2.24, 2.45) is 0 Å². The molecule has 3 atom stereocenters. The molecule has 28 heavy (non-hydrogen) atoms. The van der Waals surface area contributed by atoms with Crippen molar-refractivity contribution in [3.8, 4) is 22.5 Å². The van der Waals surface area contributed by atoms with E-state index in [1.807, 2.05) is 17.5 Å². The van der Waals surface area contributed by atoms with Gasteiger partial charge in [0.25, 0.3) is 0 Å². The lowest BCUT2D eigenvalue weighted by molar-refractivity contribution is -0.0152. The highest BCUT2D eigenvalue weighted by Crippen LogP contribution is 2.36. The Bertz CT molecular complexity index is 1040. The molecule has 0 aromatic carbocycles. The second-order valence-electron chi connectivity index (χ2n) is 6.57. The second-order valence-corrected chi connectivity index (χ2v) is 7.52. The van der Waals surface area contributed by atoms with Gasteiger partial charge in [0.1, 0.15) is 12.2 Å². The van der Waals surface area contributed by atoms with Gasteiger partial charge in [0.15, 0.2) is 29.0 Å². The minimum atomic E-state index is -1.11. The number of hydrogen-bond donors (Lipinski definition) is 3. The van der Waals surface area contributed by atoms with E-state index in [4.69, 9.17) is 10.5 Å². The summed E-state index contributed by atoms with van der Waals surface area (Å²) in [6.45, 7) is 2.13. The number of anilines is 1. The molecule has 3 aromatic rings. The number of nitrogen functional groups attached to an aromatic ring is 1. The smallest absolute Gasteiger partial charge is 0.208 e. The first-order chi connectivity index (χ1) is 13.6. The number of thiophene rings is 1. The van der Waals surface area contributed by atoms with E-state index >= 15 is 0 Å². The summed E-state index contributed by atoms with van der Waals surface area (Å²) in [5, 5.41) is 22.3. The Hall–Kier alpha value is -2.51. The second kappa shape index (κ2) is 7.85. The fourth-order valence-corrected chi connectivity index (χ4v) is 3.80. The normalized spacial score (nSPS) is 21.8. The largest absolute Gasteiger partial charge is 0.388 e. The Morgan fingerprint density at radius 3 is 2.89 bits per heavy atom. The van der Waals surface area contributed by atoms with Crippen LogP contribution in [0.15, 0.2) is 17.5 Å². The zero-order valence-corrected chi connectivity index (χ0v) is 16.2. The van der Waals surface area contributed by atoms with E-state index in [1.54, 1.807) is 4.57 Å². The number of unbranched alkanes of at least 4 members (excludes halogenated alkanes) is 2. The van der Waals surface area contributed by atoms with Crippen molar-refractivity contribution in [1.82, 2.24) is 19.5 Å². The van der Waals surface area contributed by atoms with Gasteiger partial charge in [0, 0.05) is 6.42 Å². The van der Waals surface area contributed by atoms with Crippen LogP contribution in [-0.4, -0.2) is 48.5 Å². The van der Waals surface area contributed by atoms with Gasteiger partial charge in [-0.2, -0.15) is 0 Å². The highest BCUT2D eigenvalue weighted by atomic mass is 32.1. The molecule has 4 heterocycles.